The van der Waals surface area contributed by atoms with Crippen LogP contribution in [0.2, 0.25) is 0 Å². The van der Waals surface area contributed by atoms with Gasteiger partial charge in [0.1, 0.15) is 17.3 Å². The summed E-state index contributed by atoms with van der Waals surface area (Å²) in [6, 6.07) is 16.3. The van der Waals surface area contributed by atoms with Gasteiger partial charge in [-0.3, -0.25) is 9.78 Å². The number of aromatic nitrogens is 1. The Labute approximate surface area is 222 Å². The molecule has 6 rings (SSSR count). The number of carbonyl (C=O) groups excluding carboxylic acids is 1. The third kappa shape index (κ3) is 4.51. The lowest BCUT2D eigenvalue weighted by molar-refractivity contribution is 0.0929. The van der Waals surface area contributed by atoms with Crippen LogP contribution in [0.5, 0.6) is 5.75 Å². The van der Waals surface area contributed by atoms with Gasteiger partial charge in [0.15, 0.2) is 5.44 Å². The fourth-order valence-corrected chi connectivity index (χ4v) is 5.59. The molecule has 1 amide bonds. The molecule has 0 unspecified atom stereocenters. The maximum absolute atomic E-state index is 13.7. The predicted molar refractivity (Wildman–Crippen MR) is 148 cm³/mol. The van der Waals surface area contributed by atoms with Crippen molar-refractivity contribution in [2.24, 2.45) is 0 Å². The SMILES string of the molecule is Cc1cc(-c2cc(C3(NC(=O)c4cc(O[C@@H](S)[C@@H]5CCN5)ccc4C)CC3)c3cccnc3c2)c(C)o1. The molecule has 1 saturated carbocycles. The number of amides is 1. The molecule has 3 heterocycles. The normalized spacial score (nSPS) is 18.8. The lowest BCUT2D eigenvalue weighted by atomic mass is 9.93. The summed E-state index contributed by atoms with van der Waals surface area (Å²) in [5, 5.41) is 7.75. The molecular weight excluding hydrogens is 482 g/mol. The minimum absolute atomic E-state index is 0.101. The van der Waals surface area contributed by atoms with Gasteiger partial charge in [0.25, 0.3) is 5.91 Å². The Morgan fingerprint density at radius 3 is 2.68 bits per heavy atom. The first-order chi connectivity index (χ1) is 17.8. The fourth-order valence-electron chi connectivity index (χ4n) is 5.22. The average Bonchev–Trinajstić information content (AvgIpc) is 3.53. The second-order valence-electron chi connectivity index (χ2n) is 10.3. The zero-order valence-corrected chi connectivity index (χ0v) is 22.2. The van der Waals surface area contributed by atoms with E-state index in [2.05, 4.69) is 52.5 Å². The number of aryl methyl sites for hydroxylation is 3. The number of rotatable bonds is 7. The Hall–Kier alpha value is -3.29. The lowest BCUT2D eigenvalue weighted by Gasteiger charge is -2.32. The molecule has 2 aromatic heterocycles. The van der Waals surface area contributed by atoms with E-state index in [1.807, 2.05) is 51.2 Å². The number of nitrogens with one attached hydrogen (secondary N) is 2. The average molecular weight is 514 g/mol. The van der Waals surface area contributed by atoms with E-state index in [0.717, 1.165) is 70.5 Å². The summed E-state index contributed by atoms with van der Waals surface area (Å²) < 4.78 is 11.8. The van der Waals surface area contributed by atoms with Crippen molar-refractivity contribution in [3.05, 3.63) is 82.9 Å². The van der Waals surface area contributed by atoms with Gasteiger partial charge in [0.2, 0.25) is 0 Å². The van der Waals surface area contributed by atoms with Gasteiger partial charge >= 0.3 is 0 Å². The molecule has 37 heavy (non-hydrogen) atoms. The van der Waals surface area contributed by atoms with Crippen molar-refractivity contribution in [1.29, 1.82) is 0 Å². The van der Waals surface area contributed by atoms with E-state index >= 15 is 0 Å². The number of hydrogen-bond acceptors (Lipinski definition) is 6. The number of thiol groups is 1. The number of ether oxygens (including phenoxy) is 1. The summed E-state index contributed by atoms with van der Waals surface area (Å²) in [7, 11) is 0. The highest BCUT2D eigenvalue weighted by Crippen LogP contribution is 2.49. The van der Waals surface area contributed by atoms with Gasteiger partial charge in [-0.1, -0.05) is 12.1 Å². The molecule has 7 heteroatoms. The van der Waals surface area contributed by atoms with Crippen LogP contribution in [0.3, 0.4) is 0 Å². The quantitative estimate of drug-likeness (QED) is 0.214. The van der Waals surface area contributed by atoms with Crippen LogP contribution >= 0.6 is 12.6 Å². The van der Waals surface area contributed by atoms with Crippen LogP contribution in [0, 0.1) is 20.8 Å². The smallest absolute Gasteiger partial charge is 0.252 e. The zero-order chi connectivity index (χ0) is 25.7. The van der Waals surface area contributed by atoms with Crippen molar-refractivity contribution in [2.45, 2.75) is 57.1 Å². The van der Waals surface area contributed by atoms with E-state index < -0.39 is 5.54 Å². The fraction of sp³-hybridized carbons (Fsp3) is 0.333. The molecule has 0 spiro atoms. The van der Waals surface area contributed by atoms with Crippen molar-refractivity contribution >= 4 is 29.4 Å². The minimum atomic E-state index is -0.438. The van der Waals surface area contributed by atoms with Crippen molar-refractivity contribution in [2.75, 3.05) is 6.54 Å². The minimum Gasteiger partial charge on any atom is -0.478 e. The Kier molecular flexibility index (Phi) is 6.00. The van der Waals surface area contributed by atoms with Crippen LogP contribution in [-0.2, 0) is 5.54 Å². The molecule has 2 atom stereocenters. The van der Waals surface area contributed by atoms with E-state index in [4.69, 9.17) is 9.15 Å². The van der Waals surface area contributed by atoms with Crippen molar-refractivity contribution < 1.29 is 13.9 Å². The van der Waals surface area contributed by atoms with Crippen LogP contribution in [0.4, 0.5) is 0 Å². The second kappa shape index (κ2) is 9.23. The number of pyridine rings is 1. The Morgan fingerprint density at radius 2 is 2.00 bits per heavy atom. The molecule has 4 aromatic rings. The first-order valence-electron chi connectivity index (χ1n) is 12.8. The number of fused-ring (bicyclic) bond motifs is 1. The molecule has 0 radical (unpaired) electrons. The molecule has 6 nitrogen and oxygen atoms in total. The summed E-state index contributed by atoms with van der Waals surface area (Å²) in [6.07, 6.45) is 4.59. The molecule has 2 N–H and O–H groups in total. The molecule has 0 bridgehead atoms. The van der Waals surface area contributed by atoms with Gasteiger partial charge in [0.05, 0.1) is 17.1 Å². The Bertz CT molecular complexity index is 1500. The molecule has 1 aliphatic heterocycles. The largest absolute Gasteiger partial charge is 0.478 e. The van der Waals surface area contributed by atoms with E-state index in [1.54, 1.807) is 0 Å². The summed E-state index contributed by atoms with van der Waals surface area (Å²) in [4.78, 5) is 18.3. The van der Waals surface area contributed by atoms with E-state index in [1.165, 1.54) is 0 Å². The molecule has 1 aliphatic carbocycles. The molecular formula is C30H31N3O3S. The highest BCUT2D eigenvalue weighted by molar-refractivity contribution is 7.80. The van der Waals surface area contributed by atoms with E-state index in [0.29, 0.717) is 11.3 Å². The summed E-state index contributed by atoms with van der Waals surface area (Å²) in [5.41, 5.74) is 4.93. The monoisotopic (exact) mass is 513 g/mol. The standard InChI is InChI=1S/C30H31N3O3S/c1-17-6-7-21(36-29(37)26-8-12-32-26)16-23(17)28(34)33-30(9-10-30)25-14-20(24-13-18(2)35-19(24)3)15-27-22(25)5-4-11-31-27/h4-7,11,13-16,26,29,32,37H,8-10,12H2,1-3H3,(H,33,34)/t26-,29-/m0/s1. The van der Waals surface area contributed by atoms with E-state index in [9.17, 15) is 4.79 Å². The molecule has 190 valence electrons. The first kappa shape index (κ1) is 24.1. The maximum atomic E-state index is 13.7. The molecule has 2 aromatic carbocycles. The third-order valence-corrected chi connectivity index (χ3v) is 8.07. The number of furan rings is 1. The van der Waals surface area contributed by atoms with Gasteiger partial charge < -0.3 is 19.8 Å². The molecule has 1 saturated heterocycles. The van der Waals surface area contributed by atoms with Gasteiger partial charge in [-0.15, -0.1) is 12.6 Å². The van der Waals surface area contributed by atoms with Crippen molar-refractivity contribution in [1.82, 2.24) is 15.6 Å². The second-order valence-corrected chi connectivity index (χ2v) is 10.8. The highest BCUT2D eigenvalue weighted by atomic mass is 32.1. The van der Waals surface area contributed by atoms with Crippen LogP contribution in [0.15, 0.2) is 59.1 Å². The van der Waals surface area contributed by atoms with Crippen LogP contribution in [-0.4, -0.2) is 28.9 Å². The van der Waals surface area contributed by atoms with Crippen LogP contribution in [0.1, 0.15) is 52.3 Å². The Balaban J connectivity index is 1.33. The van der Waals surface area contributed by atoms with Gasteiger partial charge in [0, 0.05) is 22.7 Å². The number of carbonyl (C=O) groups is 1. The Morgan fingerprint density at radius 1 is 1.19 bits per heavy atom. The van der Waals surface area contributed by atoms with E-state index in [-0.39, 0.29) is 17.4 Å². The van der Waals surface area contributed by atoms with Gasteiger partial charge in [-0.2, -0.15) is 0 Å². The van der Waals surface area contributed by atoms with Crippen LogP contribution in [0.25, 0.3) is 22.0 Å². The zero-order valence-electron chi connectivity index (χ0n) is 21.3. The van der Waals surface area contributed by atoms with Gasteiger partial charge in [-0.25, -0.2) is 0 Å². The third-order valence-electron chi connectivity index (χ3n) is 7.61. The number of hydrogen-bond donors (Lipinski definition) is 3. The highest BCUT2D eigenvalue weighted by Gasteiger charge is 2.47. The summed E-state index contributed by atoms with van der Waals surface area (Å²) >= 11 is 4.59. The maximum Gasteiger partial charge on any atom is 0.252 e. The van der Waals surface area contributed by atoms with Gasteiger partial charge in [-0.05, 0) is 99.7 Å². The number of nitrogens with zero attached hydrogens (tertiary/aromatic N) is 1. The number of benzene rings is 2. The molecule has 2 fully saturated rings. The lowest BCUT2D eigenvalue weighted by Crippen LogP contribution is -2.50. The predicted octanol–water partition coefficient (Wildman–Crippen LogP) is 5.84. The summed E-state index contributed by atoms with van der Waals surface area (Å²) in [5.74, 6) is 2.30. The topological polar surface area (TPSA) is 76.4 Å². The van der Waals surface area contributed by atoms with Crippen molar-refractivity contribution in [3.8, 4) is 16.9 Å². The first-order valence-corrected chi connectivity index (χ1v) is 13.3. The van der Waals surface area contributed by atoms with Crippen LogP contribution < -0.4 is 15.4 Å². The summed E-state index contributed by atoms with van der Waals surface area (Å²) in [6.45, 7) is 6.87. The van der Waals surface area contributed by atoms with Crippen molar-refractivity contribution in [3.63, 3.8) is 0 Å². The molecule has 2 aliphatic rings.